The number of carbonyl (C=O) groups excluding carboxylic acids is 1. The largest absolute Gasteiger partial charge is 0.465 e. The van der Waals surface area contributed by atoms with Crippen LogP contribution < -0.4 is 11.1 Å². The smallest absolute Gasteiger partial charge is 0.337 e. The Bertz CT molecular complexity index is 696. The van der Waals surface area contributed by atoms with E-state index in [4.69, 9.17) is 10.5 Å². The highest BCUT2D eigenvalue weighted by Gasteiger charge is 2.05. The summed E-state index contributed by atoms with van der Waals surface area (Å²) in [4.78, 5) is 15.8. The van der Waals surface area contributed by atoms with E-state index in [1.165, 1.54) is 7.11 Å². The number of nitrogens with two attached hydrogens (primary N) is 1. The van der Waals surface area contributed by atoms with Gasteiger partial charge in [-0.3, -0.25) is 0 Å². The summed E-state index contributed by atoms with van der Waals surface area (Å²) >= 11 is 0. The maximum absolute atomic E-state index is 11.5. The molecule has 0 saturated heterocycles. The Morgan fingerprint density at radius 2 is 2.00 bits per heavy atom. The Morgan fingerprint density at radius 1 is 1.23 bits per heavy atom. The molecule has 0 aliphatic heterocycles. The van der Waals surface area contributed by atoms with Crippen molar-refractivity contribution in [2.75, 3.05) is 12.4 Å². The summed E-state index contributed by atoms with van der Waals surface area (Å²) in [6.45, 7) is 2.40. The van der Waals surface area contributed by atoms with Crippen molar-refractivity contribution in [3.8, 4) is 0 Å². The fourth-order valence-electron chi connectivity index (χ4n) is 2.00. The second-order valence-electron chi connectivity index (χ2n) is 4.89. The van der Waals surface area contributed by atoms with Crippen LogP contribution in [-0.4, -0.2) is 19.0 Å². The molecule has 22 heavy (non-hydrogen) atoms. The number of benzene rings is 2. The molecular weight excluding hydrogens is 278 g/mol. The lowest BCUT2D eigenvalue weighted by atomic mass is 10.1. The quantitative estimate of drug-likeness (QED) is 0.517. The fraction of sp³-hybridized carbons (Fsp3) is 0.176. The van der Waals surface area contributed by atoms with Gasteiger partial charge in [0.1, 0.15) is 0 Å². The lowest BCUT2D eigenvalue weighted by molar-refractivity contribution is 0.0600. The zero-order chi connectivity index (χ0) is 15.9. The number of ether oxygens (including phenoxy) is 1. The number of aryl methyl sites for hydroxylation is 1. The van der Waals surface area contributed by atoms with E-state index in [0.29, 0.717) is 18.1 Å². The second kappa shape index (κ2) is 7.26. The van der Waals surface area contributed by atoms with Crippen molar-refractivity contribution >= 4 is 17.6 Å². The molecule has 5 heteroatoms. The summed E-state index contributed by atoms with van der Waals surface area (Å²) in [5.74, 6) is -0.0363. The number of methoxy groups -OCH3 is 1. The molecule has 2 rings (SSSR count). The zero-order valence-corrected chi connectivity index (χ0v) is 12.7. The number of nitrogens with zero attached hydrogens (tertiary/aromatic N) is 1. The average molecular weight is 297 g/mol. The van der Waals surface area contributed by atoms with E-state index in [-0.39, 0.29) is 5.97 Å². The number of hydrogen-bond acceptors (Lipinski definition) is 3. The zero-order valence-electron chi connectivity index (χ0n) is 12.7. The SMILES string of the molecule is COC(=O)c1cccc(CN=C(N)Nc2cccc(C)c2)c1. The third kappa shape index (κ3) is 4.34. The van der Waals surface area contributed by atoms with E-state index >= 15 is 0 Å². The van der Waals surface area contributed by atoms with Crippen molar-refractivity contribution in [1.29, 1.82) is 0 Å². The standard InChI is InChI=1S/C17H19N3O2/c1-12-5-3-8-15(9-12)20-17(18)19-11-13-6-4-7-14(10-13)16(21)22-2/h3-10H,11H2,1-2H3,(H3,18,19,20). The summed E-state index contributed by atoms with van der Waals surface area (Å²) in [6, 6.07) is 15.0. The number of esters is 1. The van der Waals surface area contributed by atoms with Crippen LogP contribution in [0.25, 0.3) is 0 Å². The molecule has 114 valence electrons. The molecule has 2 aromatic carbocycles. The first-order valence-corrected chi connectivity index (χ1v) is 6.89. The minimum absolute atomic E-state index is 0.328. The van der Waals surface area contributed by atoms with Crippen LogP contribution in [0.4, 0.5) is 5.69 Å². The van der Waals surface area contributed by atoms with Crippen LogP contribution in [0.2, 0.25) is 0 Å². The molecule has 0 fully saturated rings. The van der Waals surface area contributed by atoms with Gasteiger partial charge in [-0.1, -0.05) is 24.3 Å². The van der Waals surface area contributed by atoms with E-state index in [0.717, 1.165) is 16.8 Å². The van der Waals surface area contributed by atoms with Crippen LogP contribution in [0.15, 0.2) is 53.5 Å². The molecule has 2 aromatic rings. The Kier molecular flexibility index (Phi) is 5.14. The molecule has 0 aromatic heterocycles. The first-order valence-electron chi connectivity index (χ1n) is 6.89. The van der Waals surface area contributed by atoms with Crippen molar-refractivity contribution < 1.29 is 9.53 Å². The molecule has 5 nitrogen and oxygen atoms in total. The monoisotopic (exact) mass is 297 g/mol. The van der Waals surface area contributed by atoms with Crippen molar-refractivity contribution in [2.24, 2.45) is 10.7 Å². The normalized spacial score (nSPS) is 11.1. The summed E-state index contributed by atoms with van der Waals surface area (Å²) in [6.07, 6.45) is 0. The summed E-state index contributed by atoms with van der Waals surface area (Å²) in [5.41, 5.74) is 9.30. The predicted molar refractivity (Wildman–Crippen MR) is 87.9 cm³/mol. The van der Waals surface area contributed by atoms with Gasteiger partial charge in [-0.25, -0.2) is 9.79 Å². The van der Waals surface area contributed by atoms with Crippen LogP contribution in [0.3, 0.4) is 0 Å². The first-order chi connectivity index (χ1) is 10.6. The molecular formula is C17H19N3O2. The minimum atomic E-state index is -0.364. The molecule has 0 heterocycles. The highest BCUT2D eigenvalue weighted by molar-refractivity contribution is 5.92. The molecule has 0 bridgehead atoms. The average Bonchev–Trinajstić information content (AvgIpc) is 2.52. The Hall–Kier alpha value is -2.82. The van der Waals surface area contributed by atoms with Crippen molar-refractivity contribution in [1.82, 2.24) is 0 Å². The Morgan fingerprint density at radius 3 is 2.73 bits per heavy atom. The fourth-order valence-corrected chi connectivity index (χ4v) is 2.00. The number of guanidine groups is 1. The maximum Gasteiger partial charge on any atom is 0.337 e. The first kappa shape index (κ1) is 15.6. The Labute approximate surface area is 129 Å². The number of carbonyl (C=O) groups is 1. The van der Waals surface area contributed by atoms with Gasteiger partial charge in [0.15, 0.2) is 5.96 Å². The van der Waals surface area contributed by atoms with E-state index < -0.39 is 0 Å². The van der Waals surface area contributed by atoms with E-state index in [1.54, 1.807) is 18.2 Å². The van der Waals surface area contributed by atoms with Crippen LogP contribution in [0.5, 0.6) is 0 Å². The minimum Gasteiger partial charge on any atom is -0.465 e. The van der Waals surface area contributed by atoms with Gasteiger partial charge in [0.2, 0.25) is 0 Å². The van der Waals surface area contributed by atoms with Gasteiger partial charge < -0.3 is 15.8 Å². The summed E-state index contributed by atoms with van der Waals surface area (Å²) in [7, 11) is 1.36. The number of nitrogens with one attached hydrogen (secondary N) is 1. The molecule has 0 aliphatic rings. The van der Waals surface area contributed by atoms with Crippen molar-refractivity contribution in [3.63, 3.8) is 0 Å². The van der Waals surface area contributed by atoms with Crippen LogP contribution in [-0.2, 0) is 11.3 Å². The number of anilines is 1. The third-order valence-electron chi connectivity index (χ3n) is 3.07. The van der Waals surface area contributed by atoms with Gasteiger partial charge in [0.05, 0.1) is 19.2 Å². The topological polar surface area (TPSA) is 76.7 Å². The molecule has 0 radical (unpaired) electrons. The van der Waals surface area contributed by atoms with Crippen LogP contribution in [0, 0.1) is 6.92 Å². The lowest BCUT2D eigenvalue weighted by Crippen LogP contribution is -2.22. The number of rotatable bonds is 4. The van der Waals surface area contributed by atoms with E-state index in [1.807, 2.05) is 37.3 Å². The van der Waals surface area contributed by atoms with Crippen LogP contribution in [0.1, 0.15) is 21.5 Å². The predicted octanol–water partition coefficient (Wildman–Crippen LogP) is 2.71. The molecule has 0 aliphatic carbocycles. The molecule has 0 atom stereocenters. The lowest BCUT2D eigenvalue weighted by Gasteiger charge is -2.07. The van der Waals surface area contributed by atoms with Gasteiger partial charge in [-0.15, -0.1) is 0 Å². The maximum atomic E-state index is 11.5. The molecule has 0 unspecified atom stereocenters. The van der Waals surface area contributed by atoms with Gasteiger partial charge in [0, 0.05) is 5.69 Å². The van der Waals surface area contributed by atoms with Gasteiger partial charge in [0.25, 0.3) is 0 Å². The van der Waals surface area contributed by atoms with Crippen molar-refractivity contribution in [3.05, 3.63) is 65.2 Å². The number of aliphatic imine (C=N–C) groups is 1. The van der Waals surface area contributed by atoms with Gasteiger partial charge >= 0.3 is 5.97 Å². The highest BCUT2D eigenvalue weighted by Crippen LogP contribution is 2.10. The molecule has 0 amide bonds. The third-order valence-corrected chi connectivity index (χ3v) is 3.07. The molecule has 0 saturated carbocycles. The Balaban J connectivity index is 2.03. The van der Waals surface area contributed by atoms with E-state index in [2.05, 4.69) is 10.3 Å². The number of hydrogen-bond donors (Lipinski definition) is 2. The summed E-state index contributed by atoms with van der Waals surface area (Å²) in [5, 5.41) is 3.04. The second-order valence-corrected chi connectivity index (χ2v) is 4.89. The molecule has 3 N–H and O–H groups in total. The van der Waals surface area contributed by atoms with Crippen LogP contribution >= 0.6 is 0 Å². The van der Waals surface area contributed by atoms with Gasteiger partial charge in [-0.05, 0) is 42.3 Å². The van der Waals surface area contributed by atoms with E-state index in [9.17, 15) is 4.79 Å². The molecule has 0 spiro atoms. The van der Waals surface area contributed by atoms with Crippen molar-refractivity contribution in [2.45, 2.75) is 13.5 Å². The highest BCUT2D eigenvalue weighted by atomic mass is 16.5. The summed E-state index contributed by atoms with van der Waals surface area (Å²) < 4.78 is 4.70. The van der Waals surface area contributed by atoms with Gasteiger partial charge in [-0.2, -0.15) is 0 Å².